The summed E-state index contributed by atoms with van der Waals surface area (Å²) in [4.78, 5) is 0. The molecule has 0 spiro atoms. The molecule has 0 bridgehead atoms. The van der Waals surface area contributed by atoms with Crippen LogP contribution < -0.4 is 0 Å². The van der Waals surface area contributed by atoms with Gasteiger partial charge in [-0.3, -0.25) is 0 Å². The van der Waals surface area contributed by atoms with E-state index in [1.54, 1.807) is 0 Å². The first kappa shape index (κ1) is 28.3. The Morgan fingerprint density at radius 2 is 1.15 bits per heavy atom. The fraction of sp³-hybridized carbons (Fsp3) is 1.00. The number of hydrogen-bond donors (Lipinski definition) is 11. The predicted molar refractivity (Wildman–Crippen MR) is 108 cm³/mol. The monoisotopic (exact) mass is 520 g/mol. The fourth-order valence-corrected chi connectivity index (χ4v) is 4.25. The molecule has 3 rings (SSSR count). The summed E-state index contributed by atoms with van der Waals surface area (Å²) >= 11 is 3.99. The van der Waals surface area contributed by atoms with Crippen molar-refractivity contribution >= 4 is 12.6 Å². The van der Waals surface area contributed by atoms with Crippen molar-refractivity contribution in [2.45, 2.75) is 92.1 Å². The second kappa shape index (κ2) is 11.9. The van der Waals surface area contributed by atoms with Crippen molar-refractivity contribution in [2.24, 2.45) is 0 Å². The smallest absolute Gasteiger partial charge is 0.187 e. The standard InChI is InChI=1S/C18H32O15S/c19-1-4-7(20)10(23)13(26)18(31-4)33-15-9(22)5(30-16(28)14(15)27)2-29-17-12(25)11(24)8(21)6(3-34)32-17/h4-28,34H,1-3H2/t4-,5-,6-,7-,8-,9-,10+,11+,12+,13+,14+,15+,16-,17+,18-/m1/s1. The predicted octanol–water partition coefficient (Wildman–Crippen LogP) is -6.64. The average Bonchev–Trinajstić information content (AvgIpc) is 2.82. The minimum absolute atomic E-state index is 0.00667. The number of rotatable bonds is 7. The van der Waals surface area contributed by atoms with E-state index in [9.17, 15) is 51.1 Å². The second-order valence-corrected chi connectivity index (χ2v) is 8.74. The summed E-state index contributed by atoms with van der Waals surface area (Å²) < 4.78 is 26.4. The molecule has 3 heterocycles. The Kier molecular flexibility index (Phi) is 9.88. The number of aliphatic hydroxyl groups is 10. The van der Waals surface area contributed by atoms with Crippen LogP contribution in [0.1, 0.15) is 0 Å². The van der Waals surface area contributed by atoms with E-state index in [1.165, 1.54) is 0 Å². The summed E-state index contributed by atoms with van der Waals surface area (Å²) in [6.07, 6.45) is -23.9. The molecule has 3 aliphatic heterocycles. The van der Waals surface area contributed by atoms with E-state index in [2.05, 4.69) is 12.6 Å². The molecule has 15 nitrogen and oxygen atoms in total. The maximum Gasteiger partial charge on any atom is 0.187 e. The summed E-state index contributed by atoms with van der Waals surface area (Å²) in [7, 11) is 0. The van der Waals surface area contributed by atoms with Crippen LogP contribution in [0.2, 0.25) is 0 Å². The molecule has 3 fully saturated rings. The van der Waals surface area contributed by atoms with Gasteiger partial charge in [0.05, 0.1) is 19.3 Å². The van der Waals surface area contributed by atoms with E-state index in [0.29, 0.717) is 0 Å². The maximum atomic E-state index is 10.7. The molecular formula is C18H32O15S. The Balaban J connectivity index is 1.65. The molecule has 0 saturated carbocycles. The third-order valence-corrected chi connectivity index (χ3v) is 6.43. The van der Waals surface area contributed by atoms with Crippen LogP contribution in [0.3, 0.4) is 0 Å². The molecule has 0 aromatic rings. The topological polar surface area (TPSA) is 248 Å². The lowest BCUT2D eigenvalue weighted by Gasteiger charge is -2.45. The van der Waals surface area contributed by atoms with Crippen LogP contribution in [0.25, 0.3) is 0 Å². The van der Waals surface area contributed by atoms with Crippen molar-refractivity contribution in [3.05, 3.63) is 0 Å². The lowest BCUT2D eigenvalue weighted by Crippen LogP contribution is -2.65. The fourth-order valence-electron chi connectivity index (χ4n) is 3.94. The van der Waals surface area contributed by atoms with Gasteiger partial charge in [0, 0.05) is 5.75 Å². The lowest BCUT2D eigenvalue weighted by atomic mass is 9.97. The van der Waals surface area contributed by atoms with Crippen LogP contribution >= 0.6 is 12.6 Å². The van der Waals surface area contributed by atoms with Crippen molar-refractivity contribution in [2.75, 3.05) is 19.0 Å². The Morgan fingerprint density at radius 3 is 1.74 bits per heavy atom. The minimum Gasteiger partial charge on any atom is -0.394 e. The van der Waals surface area contributed by atoms with Gasteiger partial charge >= 0.3 is 0 Å². The van der Waals surface area contributed by atoms with E-state index in [-0.39, 0.29) is 5.75 Å². The van der Waals surface area contributed by atoms with Gasteiger partial charge in [-0.25, -0.2) is 0 Å². The zero-order valence-corrected chi connectivity index (χ0v) is 18.6. The SMILES string of the molecule is OC[C@H]1O[C@H](O[C@@H]2[C@H](O)[C@H](O)O[C@H](CO[C@H]3O[C@H](CS)[C@@H](O)[C@H](O)[C@@H]3O)[C@H]2O)[C@@H](O)[C@@H](O)[C@@H]1O. The van der Waals surface area contributed by atoms with E-state index in [0.717, 1.165) is 0 Å². The minimum atomic E-state index is -1.90. The van der Waals surface area contributed by atoms with Crippen LogP contribution in [0.4, 0.5) is 0 Å². The first-order valence-corrected chi connectivity index (χ1v) is 11.2. The van der Waals surface area contributed by atoms with Crippen molar-refractivity contribution < 1.29 is 74.7 Å². The van der Waals surface area contributed by atoms with Gasteiger partial charge in [0.15, 0.2) is 18.9 Å². The van der Waals surface area contributed by atoms with E-state index < -0.39 is 105 Å². The van der Waals surface area contributed by atoms with Crippen LogP contribution in [-0.2, 0) is 23.7 Å². The molecule has 34 heavy (non-hydrogen) atoms. The van der Waals surface area contributed by atoms with Gasteiger partial charge in [0.25, 0.3) is 0 Å². The molecule has 3 saturated heterocycles. The van der Waals surface area contributed by atoms with Gasteiger partial charge in [-0.05, 0) is 0 Å². The molecular weight excluding hydrogens is 488 g/mol. The molecule has 200 valence electrons. The summed E-state index contributed by atoms with van der Waals surface area (Å²) in [6, 6.07) is 0. The van der Waals surface area contributed by atoms with Gasteiger partial charge < -0.3 is 74.7 Å². The molecule has 10 N–H and O–H groups in total. The summed E-state index contributed by atoms with van der Waals surface area (Å²) in [5.41, 5.74) is 0. The van der Waals surface area contributed by atoms with Crippen molar-refractivity contribution in [3.63, 3.8) is 0 Å². The van der Waals surface area contributed by atoms with Crippen molar-refractivity contribution in [3.8, 4) is 0 Å². The van der Waals surface area contributed by atoms with E-state index in [1.807, 2.05) is 0 Å². The third kappa shape index (κ3) is 5.67. The summed E-state index contributed by atoms with van der Waals surface area (Å²) in [6.45, 7) is -1.29. The first-order valence-electron chi connectivity index (χ1n) is 10.6. The highest BCUT2D eigenvalue weighted by Crippen LogP contribution is 2.30. The van der Waals surface area contributed by atoms with Crippen molar-refractivity contribution in [1.29, 1.82) is 0 Å². The molecule has 0 aromatic carbocycles. The first-order chi connectivity index (χ1) is 16.0. The molecule has 0 radical (unpaired) electrons. The van der Waals surface area contributed by atoms with Crippen LogP contribution in [0, 0.1) is 0 Å². The molecule has 0 aliphatic carbocycles. The molecule has 3 aliphatic rings. The number of hydrogen-bond acceptors (Lipinski definition) is 16. The van der Waals surface area contributed by atoms with Gasteiger partial charge in [-0.1, -0.05) is 0 Å². The zero-order chi connectivity index (χ0) is 25.3. The zero-order valence-electron chi connectivity index (χ0n) is 17.7. The lowest BCUT2D eigenvalue weighted by molar-refractivity contribution is -0.361. The Hall–Kier alpha value is -0.250. The van der Waals surface area contributed by atoms with Crippen LogP contribution in [-0.4, -0.2) is 162 Å². The highest BCUT2D eigenvalue weighted by atomic mass is 32.1. The van der Waals surface area contributed by atoms with E-state index >= 15 is 0 Å². The van der Waals surface area contributed by atoms with Gasteiger partial charge in [-0.2, -0.15) is 12.6 Å². The van der Waals surface area contributed by atoms with Crippen LogP contribution in [0.15, 0.2) is 0 Å². The van der Waals surface area contributed by atoms with Crippen LogP contribution in [0.5, 0.6) is 0 Å². The Morgan fingerprint density at radius 1 is 0.588 bits per heavy atom. The largest absolute Gasteiger partial charge is 0.394 e. The highest BCUT2D eigenvalue weighted by molar-refractivity contribution is 7.80. The molecule has 0 amide bonds. The van der Waals surface area contributed by atoms with Gasteiger partial charge in [-0.15, -0.1) is 0 Å². The third-order valence-electron chi connectivity index (χ3n) is 6.07. The summed E-state index contributed by atoms with van der Waals surface area (Å²) in [5, 5.41) is 100. The second-order valence-electron chi connectivity index (χ2n) is 8.37. The van der Waals surface area contributed by atoms with Gasteiger partial charge in [0.2, 0.25) is 0 Å². The van der Waals surface area contributed by atoms with Crippen molar-refractivity contribution in [1.82, 2.24) is 0 Å². The quantitative estimate of drug-likeness (QED) is 0.140. The Labute approximate surface area is 199 Å². The number of thiol groups is 1. The Bertz CT molecular complexity index is 642. The highest BCUT2D eigenvalue weighted by Gasteiger charge is 2.51. The number of ether oxygens (including phenoxy) is 5. The maximum absolute atomic E-state index is 10.7. The molecule has 15 atom stereocenters. The number of aliphatic hydroxyl groups excluding tert-OH is 10. The normalized spacial score (nSPS) is 52.5. The van der Waals surface area contributed by atoms with E-state index in [4.69, 9.17) is 23.7 Å². The van der Waals surface area contributed by atoms with Gasteiger partial charge in [0.1, 0.15) is 67.1 Å². The molecule has 0 unspecified atom stereocenters. The average molecular weight is 521 g/mol. The molecule has 0 aromatic heterocycles. The summed E-state index contributed by atoms with van der Waals surface area (Å²) in [5.74, 6) is -0.00667. The molecule has 16 heteroatoms.